The lowest BCUT2D eigenvalue weighted by Crippen LogP contribution is -2.38. The lowest BCUT2D eigenvalue weighted by atomic mass is 9.79. The third kappa shape index (κ3) is 1.61. The van der Waals surface area contributed by atoms with Gasteiger partial charge in [-0.15, -0.1) is 0 Å². The number of halogens is 1. The summed E-state index contributed by atoms with van der Waals surface area (Å²) in [5.41, 5.74) is 8.59. The molecule has 0 saturated carbocycles. The van der Waals surface area contributed by atoms with Gasteiger partial charge in [-0.05, 0) is 42.5 Å². The van der Waals surface area contributed by atoms with Gasteiger partial charge < -0.3 is 11.1 Å². The zero-order chi connectivity index (χ0) is 11.2. The van der Waals surface area contributed by atoms with Crippen molar-refractivity contribution in [1.29, 1.82) is 0 Å². The van der Waals surface area contributed by atoms with Crippen molar-refractivity contribution >= 4 is 21.9 Å². The van der Waals surface area contributed by atoms with Gasteiger partial charge in [0.15, 0.2) is 5.96 Å². The Bertz CT molecular complexity index is 469. The van der Waals surface area contributed by atoms with Gasteiger partial charge in [-0.1, -0.05) is 22.0 Å². The largest absolute Gasteiger partial charge is 0.370 e. The molecule has 1 atom stereocenters. The molecule has 1 aliphatic carbocycles. The van der Waals surface area contributed by atoms with E-state index in [9.17, 15) is 0 Å². The molecule has 3 N–H and O–H groups in total. The van der Waals surface area contributed by atoms with Gasteiger partial charge in [0.1, 0.15) is 0 Å². The number of nitrogens with one attached hydrogen (secondary N) is 1. The lowest BCUT2D eigenvalue weighted by Gasteiger charge is -2.31. The second kappa shape index (κ2) is 3.48. The van der Waals surface area contributed by atoms with E-state index < -0.39 is 0 Å². The van der Waals surface area contributed by atoms with E-state index in [-0.39, 0.29) is 5.54 Å². The number of aryl methyl sites for hydroxylation is 1. The second-order valence-corrected chi connectivity index (χ2v) is 5.58. The normalized spacial score (nSPS) is 27.4. The number of hydrogen-bond donors (Lipinski definition) is 2. The first-order valence-corrected chi connectivity index (χ1v) is 6.33. The number of hydrogen-bond acceptors (Lipinski definition) is 3. The molecule has 4 heteroatoms. The summed E-state index contributed by atoms with van der Waals surface area (Å²) in [5, 5.41) is 3.14. The van der Waals surface area contributed by atoms with Crippen molar-refractivity contribution < 1.29 is 0 Å². The number of nitrogens with zero attached hydrogens (tertiary/aromatic N) is 1. The first-order chi connectivity index (χ1) is 7.67. The highest BCUT2D eigenvalue weighted by Crippen LogP contribution is 2.34. The molecular formula is C12H14BrN3. The molecule has 1 spiro atoms. The predicted octanol–water partition coefficient (Wildman–Crippen LogP) is 1.59. The molecule has 0 bridgehead atoms. The maximum absolute atomic E-state index is 5.72. The van der Waals surface area contributed by atoms with Crippen molar-refractivity contribution in [2.24, 2.45) is 10.7 Å². The minimum absolute atomic E-state index is 0.0118. The molecule has 0 aromatic heterocycles. The number of rotatable bonds is 0. The monoisotopic (exact) mass is 279 g/mol. The summed E-state index contributed by atoms with van der Waals surface area (Å²) in [7, 11) is 0. The summed E-state index contributed by atoms with van der Waals surface area (Å²) in [6, 6.07) is 6.53. The highest BCUT2D eigenvalue weighted by atomic mass is 79.9. The fourth-order valence-corrected chi connectivity index (χ4v) is 3.06. The smallest absolute Gasteiger partial charge is 0.189 e. The minimum Gasteiger partial charge on any atom is -0.370 e. The third-order valence-electron chi connectivity index (χ3n) is 3.50. The van der Waals surface area contributed by atoms with Crippen LogP contribution in [0.2, 0.25) is 0 Å². The van der Waals surface area contributed by atoms with E-state index in [1.165, 1.54) is 11.1 Å². The SMILES string of the molecule is NC1=NC2(CCc3ccc(Br)cc3C2)CN1. The summed E-state index contributed by atoms with van der Waals surface area (Å²) >= 11 is 3.52. The molecule has 0 saturated heterocycles. The zero-order valence-corrected chi connectivity index (χ0v) is 10.5. The summed E-state index contributed by atoms with van der Waals surface area (Å²) in [6.45, 7) is 0.880. The van der Waals surface area contributed by atoms with Crippen molar-refractivity contribution in [2.75, 3.05) is 6.54 Å². The fourth-order valence-electron chi connectivity index (χ4n) is 2.65. The Hall–Kier alpha value is -1.03. The Labute approximate surface area is 103 Å². The molecule has 84 valence electrons. The highest BCUT2D eigenvalue weighted by molar-refractivity contribution is 9.10. The molecule has 2 aliphatic rings. The topological polar surface area (TPSA) is 50.4 Å². The average Bonchev–Trinajstić information content (AvgIpc) is 2.59. The Kier molecular flexibility index (Phi) is 2.21. The molecular weight excluding hydrogens is 266 g/mol. The van der Waals surface area contributed by atoms with Crippen LogP contribution in [0.25, 0.3) is 0 Å². The van der Waals surface area contributed by atoms with Crippen molar-refractivity contribution in [3.05, 3.63) is 33.8 Å². The van der Waals surface area contributed by atoms with E-state index >= 15 is 0 Å². The Morgan fingerprint density at radius 2 is 2.25 bits per heavy atom. The Balaban J connectivity index is 1.97. The second-order valence-electron chi connectivity index (χ2n) is 4.66. The Morgan fingerprint density at radius 1 is 1.38 bits per heavy atom. The number of benzene rings is 1. The summed E-state index contributed by atoms with van der Waals surface area (Å²) < 4.78 is 1.14. The van der Waals surface area contributed by atoms with Gasteiger partial charge in [-0.3, -0.25) is 0 Å². The van der Waals surface area contributed by atoms with Gasteiger partial charge in [0.2, 0.25) is 0 Å². The highest BCUT2D eigenvalue weighted by Gasteiger charge is 2.37. The van der Waals surface area contributed by atoms with Crippen LogP contribution >= 0.6 is 15.9 Å². The lowest BCUT2D eigenvalue weighted by molar-refractivity contribution is 0.394. The van der Waals surface area contributed by atoms with Crippen molar-refractivity contribution in [3.8, 4) is 0 Å². The fraction of sp³-hybridized carbons (Fsp3) is 0.417. The first-order valence-electron chi connectivity index (χ1n) is 5.53. The van der Waals surface area contributed by atoms with Crippen LogP contribution in [0.15, 0.2) is 27.7 Å². The van der Waals surface area contributed by atoms with Crippen molar-refractivity contribution in [2.45, 2.75) is 24.8 Å². The van der Waals surface area contributed by atoms with E-state index in [1.54, 1.807) is 0 Å². The summed E-state index contributed by atoms with van der Waals surface area (Å²) in [6.07, 6.45) is 3.19. The molecule has 1 unspecified atom stereocenters. The van der Waals surface area contributed by atoms with Crippen LogP contribution in [0.4, 0.5) is 0 Å². The maximum atomic E-state index is 5.72. The van der Waals surface area contributed by atoms with Crippen LogP contribution in [0.1, 0.15) is 17.5 Å². The number of guanidine groups is 1. The Morgan fingerprint density at radius 3 is 3.00 bits per heavy atom. The van der Waals surface area contributed by atoms with Crippen LogP contribution in [-0.4, -0.2) is 18.0 Å². The molecule has 1 heterocycles. The van der Waals surface area contributed by atoms with Crippen LogP contribution in [0, 0.1) is 0 Å². The van der Waals surface area contributed by atoms with E-state index in [2.05, 4.69) is 44.4 Å². The first kappa shape index (κ1) is 10.1. The molecule has 3 rings (SSSR count). The molecule has 1 aromatic carbocycles. The molecule has 0 radical (unpaired) electrons. The summed E-state index contributed by atoms with van der Waals surface area (Å²) in [4.78, 5) is 4.58. The van der Waals surface area contributed by atoms with E-state index in [0.717, 1.165) is 30.3 Å². The standard InChI is InChI=1S/C12H14BrN3/c13-10-2-1-8-3-4-12(6-9(8)5-10)7-15-11(14)16-12/h1-2,5H,3-4,6-7H2,(H3,14,15,16). The molecule has 0 fully saturated rings. The van der Waals surface area contributed by atoms with Gasteiger partial charge in [-0.2, -0.15) is 0 Å². The minimum atomic E-state index is 0.0118. The number of nitrogens with two attached hydrogens (primary N) is 1. The van der Waals surface area contributed by atoms with E-state index in [4.69, 9.17) is 5.73 Å². The molecule has 1 aliphatic heterocycles. The van der Waals surface area contributed by atoms with E-state index in [1.807, 2.05) is 0 Å². The molecule has 1 aromatic rings. The third-order valence-corrected chi connectivity index (χ3v) is 4.00. The zero-order valence-electron chi connectivity index (χ0n) is 8.96. The maximum Gasteiger partial charge on any atom is 0.189 e. The molecule has 16 heavy (non-hydrogen) atoms. The van der Waals surface area contributed by atoms with Crippen LogP contribution in [0.5, 0.6) is 0 Å². The van der Waals surface area contributed by atoms with Crippen LogP contribution in [-0.2, 0) is 12.8 Å². The van der Waals surface area contributed by atoms with Crippen molar-refractivity contribution in [3.63, 3.8) is 0 Å². The van der Waals surface area contributed by atoms with Gasteiger partial charge in [-0.25, -0.2) is 4.99 Å². The molecule has 0 amide bonds. The van der Waals surface area contributed by atoms with E-state index in [0.29, 0.717) is 5.96 Å². The van der Waals surface area contributed by atoms with Crippen molar-refractivity contribution in [1.82, 2.24) is 5.32 Å². The predicted molar refractivity (Wildman–Crippen MR) is 68.5 cm³/mol. The van der Waals surface area contributed by atoms with Gasteiger partial charge in [0.05, 0.1) is 5.54 Å². The van der Waals surface area contributed by atoms with Gasteiger partial charge in [0, 0.05) is 11.0 Å². The van der Waals surface area contributed by atoms with Crippen LogP contribution < -0.4 is 11.1 Å². The molecule has 3 nitrogen and oxygen atoms in total. The quantitative estimate of drug-likeness (QED) is 0.758. The summed E-state index contributed by atoms with van der Waals surface area (Å²) in [5.74, 6) is 0.596. The van der Waals surface area contributed by atoms with Crippen LogP contribution in [0.3, 0.4) is 0 Å². The number of fused-ring (bicyclic) bond motifs is 1. The van der Waals surface area contributed by atoms with Gasteiger partial charge in [0.25, 0.3) is 0 Å². The average molecular weight is 280 g/mol. The van der Waals surface area contributed by atoms with Gasteiger partial charge >= 0.3 is 0 Å². The number of aliphatic imine (C=N–C) groups is 1.